The summed E-state index contributed by atoms with van der Waals surface area (Å²) in [5, 5.41) is 0. The van der Waals surface area contributed by atoms with Crippen molar-refractivity contribution in [1.29, 1.82) is 0 Å². The van der Waals surface area contributed by atoms with Gasteiger partial charge in [0.15, 0.2) is 0 Å². The third-order valence-corrected chi connectivity index (χ3v) is 4.27. The quantitative estimate of drug-likeness (QED) is 0.435. The van der Waals surface area contributed by atoms with Crippen molar-refractivity contribution in [3.63, 3.8) is 0 Å². The summed E-state index contributed by atoms with van der Waals surface area (Å²) in [4.78, 5) is 24.8. The summed E-state index contributed by atoms with van der Waals surface area (Å²) >= 11 is 0. The Labute approximate surface area is 148 Å². The first-order valence-corrected chi connectivity index (χ1v) is 9.74. The van der Waals surface area contributed by atoms with Crippen LogP contribution >= 0.6 is 0 Å². The van der Waals surface area contributed by atoms with Crippen LogP contribution in [0.5, 0.6) is 0 Å². The minimum Gasteiger partial charge on any atom is -0.463 e. The Morgan fingerprint density at radius 3 is 1.83 bits per heavy atom. The van der Waals surface area contributed by atoms with E-state index in [9.17, 15) is 9.59 Å². The third-order valence-electron chi connectivity index (χ3n) is 4.27. The highest BCUT2D eigenvalue weighted by molar-refractivity contribution is 5.80. The summed E-state index contributed by atoms with van der Waals surface area (Å²) < 4.78 is 10.9. The molecule has 0 heterocycles. The highest BCUT2D eigenvalue weighted by Gasteiger charge is 2.33. The van der Waals surface area contributed by atoms with E-state index >= 15 is 0 Å². The number of carbonyl (C=O) groups excluding carboxylic acids is 2. The van der Waals surface area contributed by atoms with Gasteiger partial charge in [-0.3, -0.25) is 4.79 Å². The van der Waals surface area contributed by atoms with Gasteiger partial charge in [-0.1, -0.05) is 60.3 Å². The van der Waals surface area contributed by atoms with E-state index in [1.54, 1.807) is 6.92 Å². The van der Waals surface area contributed by atoms with Gasteiger partial charge in [0.2, 0.25) is 6.10 Å². The SMILES string of the molecule is CCCCC(CCCC)C(OC(=O)C(C)CC(C)C)C(=O)OCC. The van der Waals surface area contributed by atoms with Crippen molar-refractivity contribution in [2.24, 2.45) is 17.8 Å². The van der Waals surface area contributed by atoms with Gasteiger partial charge in [-0.15, -0.1) is 0 Å². The summed E-state index contributed by atoms with van der Waals surface area (Å²) in [6, 6.07) is 0. The lowest BCUT2D eigenvalue weighted by Gasteiger charge is -2.27. The maximum Gasteiger partial charge on any atom is 0.347 e. The predicted molar refractivity (Wildman–Crippen MR) is 97.7 cm³/mol. The zero-order valence-corrected chi connectivity index (χ0v) is 16.6. The van der Waals surface area contributed by atoms with Gasteiger partial charge in [-0.25, -0.2) is 4.79 Å². The Balaban J connectivity index is 5.08. The number of esters is 2. The molecule has 2 unspecified atom stereocenters. The normalized spacial score (nSPS) is 13.8. The molecule has 0 aromatic rings. The van der Waals surface area contributed by atoms with Gasteiger partial charge in [0.1, 0.15) is 0 Å². The Bertz CT molecular complexity index is 344. The minimum absolute atomic E-state index is 0.0548. The highest BCUT2D eigenvalue weighted by Crippen LogP contribution is 2.25. The second kappa shape index (κ2) is 13.3. The van der Waals surface area contributed by atoms with E-state index in [0.29, 0.717) is 12.5 Å². The zero-order valence-electron chi connectivity index (χ0n) is 16.6. The summed E-state index contributed by atoms with van der Waals surface area (Å²) in [7, 11) is 0. The van der Waals surface area contributed by atoms with E-state index in [0.717, 1.165) is 44.9 Å². The molecule has 0 bridgehead atoms. The van der Waals surface area contributed by atoms with Crippen molar-refractivity contribution in [3.05, 3.63) is 0 Å². The summed E-state index contributed by atoms with van der Waals surface area (Å²) in [6.07, 6.45) is 5.99. The number of unbranched alkanes of at least 4 members (excludes halogenated alkanes) is 2. The Morgan fingerprint density at radius 2 is 1.42 bits per heavy atom. The van der Waals surface area contributed by atoms with Crippen LogP contribution in [-0.4, -0.2) is 24.6 Å². The summed E-state index contributed by atoms with van der Waals surface area (Å²) in [6.45, 7) is 12.4. The predicted octanol–water partition coefficient (Wildman–Crippen LogP) is 5.14. The standard InChI is InChI=1S/C20H38O4/c1-7-10-12-17(13-11-8-2)18(20(22)23-9-3)24-19(21)16(6)14-15(4)5/h15-18H,7-14H2,1-6H3. The molecule has 2 atom stereocenters. The van der Waals surface area contributed by atoms with Crippen molar-refractivity contribution >= 4 is 11.9 Å². The molecule has 4 nitrogen and oxygen atoms in total. The first kappa shape index (κ1) is 22.9. The van der Waals surface area contributed by atoms with E-state index < -0.39 is 6.10 Å². The lowest BCUT2D eigenvalue weighted by atomic mass is 9.90. The molecule has 142 valence electrons. The molecule has 0 rings (SSSR count). The van der Waals surface area contributed by atoms with Crippen LogP contribution in [0.3, 0.4) is 0 Å². The number of hydrogen-bond donors (Lipinski definition) is 0. The van der Waals surface area contributed by atoms with Crippen molar-refractivity contribution in [3.8, 4) is 0 Å². The first-order valence-electron chi connectivity index (χ1n) is 9.74. The van der Waals surface area contributed by atoms with Crippen LogP contribution in [0.4, 0.5) is 0 Å². The molecule has 0 radical (unpaired) electrons. The number of rotatable bonds is 13. The molecule has 0 amide bonds. The first-order chi connectivity index (χ1) is 11.4. The Kier molecular flexibility index (Phi) is 12.7. The fourth-order valence-electron chi connectivity index (χ4n) is 2.99. The summed E-state index contributed by atoms with van der Waals surface area (Å²) in [5.41, 5.74) is 0. The van der Waals surface area contributed by atoms with Crippen LogP contribution in [0.2, 0.25) is 0 Å². The number of ether oxygens (including phenoxy) is 2. The fraction of sp³-hybridized carbons (Fsp3) is 0.900. The average Bonchev–Trinajstić information content (AvgIpc) is 2.52. The zero-order chi connectivity index (χ0) is 18.5. The molecule has 4 heteroatoms. The van der Waals surface area contributed by atoms with Crippen molar-refractivity contribution in [2.75, 3.05) is 6.61 Å². The molecule has 0 aromatic carbocycles. The van der Waals surface area contributed by atoms with E-state index in [1.807, 2.05) is 6.92 Å². The lowest BCUT2D eigenvalue weighted by Crippen LogP contribution is -2.37. The molecular formula is C20H38O4. The topological polar surface area (TPSA) is 52.6 Å². The molecule has 0 aromatic heterocycles. The van der Waals surface area contributed by atoms with Crippen molar-refractivity contribution in [1.82, 2.24) is 0 Å². The van der Waals surface area contributed by atoms with Crippen LogP contribution in [0.1, 0.15) is 86.5 Å². The van der Waals surface area contributed by atoms with Gasteiger partial charge < -0.3 is 9.47 Å². The van der Waals surface area contributed by atoms with E-state index in [4.69, 9.17) is 9.47 Å². The molecule has 0 saturated carbocycles. The van der Waals surface area contributed by atoms with Gasteiger partial charge in [0.05, 0.1) is 12.5 Å². The number of carbonyl (C=O) groups is 2. The van der Waals surface area contributed by atoms with E-state index in [-0.39, 0.29) is 23.8 Å². The lowest BCUT2D eigenvalue weighted by molar-refractivity contribution is -0.174. The van der Waals surface area contributed by atoms with Crippen LogP contribution in [0, 0.1) is 17.8 Å². The maximum absolute atomic E-state index is 12.4. The molecule has 0 fully saturated rings. The second-order valence-corrected chi connectivity index (χ2v) is 7.18. The Hall–Kier alpha value is -1.06. The second-order valence-electron chi connectivity index (χ2n) is 7.18. The molecule has 0 saturated heterocycles. The van der Waals surface area contributed by atoms with E-state index in [1.165, 1.54) is 0 Å². The van der Waals surface area contributed by atoms with Gasteiger partial charge in [0, 0.05) is 5.92 Å². The monoisotopic (exact) mass is 342 g/mol. The Morgan fingerprint density at radius 1 is 0.875 bits per heavy atom. The molecule has 0 N–H and O–H groups in total. The largest absolute Gasteiger partial charge is 0.463 e. The third kappa shape index (κ3) is 9.29. The van der Waals surface area contributed by atoms with Crippen LogP contribution in [0.25, 0.3) is 0 Å². The van der Waals surface area contributed by atoms with Crippen LogP contribution in [0.15, 0.2) is 0 Å². The maximum atomic E-state index is 12.4. The van der Waals surface area contributed by atoms with Gasteiger partial charge in [-0.2, -0.15) is 0 Å². The smallest absolute Gasteiger partial charge is 0.347 e. The molecular weight excluding hydrogens is 304 g/mol. The summed E-state index contributed by atoms with van der Waals surface area (Å²) in [5.74, 6) is -0.386. The van der Waals surface area contributed by atoms with Crippen LogP contribution in [-0.2, 0) is 19.1 Å². The van der Waals surface area contributed by atoms with Gasteiger partial charge >= 0.3 is 11.9 Å². The fourth-order valence-corrected chi connectivity index (χ4v) is 2.99. The highest BCUT2D eigenvalue weighted by atomic mass is 16.6. The van der Waals surface area contributed by atoms with Gasteiger partial charge in [0.25, 0.3) is 0 Å². The van der Waals surface area contributed by atoms with E-state index in [2.05, 4.69) is 27.7 Å². The molecule has 0 spiro atoms. The van der Waals surface area contributed by atoms with Gasteiger partial charge in [-0.05, 0) is 32.1 Å². The minimum atomic E-state index is -0.759. The molecule has 24 heavy (non-hydrogen) atoms. The average molecular weight is 343 g/mol. The molecule has 0 aliphatic carbocycles. The molecule has 0 aliphatic heterocycles. The number of hydrogen-bond acceptors (Lipinski definition) is 4. The van der Waals surface area contributed by atoms with Crippen molar-refractivity contribution < 1.29 is 19.1 Å². The van der Waals surface area contributed by atoms with Crippen LogP contribution < -0.4 is 0 Å². The molecule has 0 aliphatic rings. The van der Waals surface area contributed by atoms with Crippen molar-refractivity contribution in [2.45, 2.75) is 92.6 Å².